The van der Waals surface area contributed by atoms with Gasteiger partial charge in [0.2, 0.25) is 0 Å². The van der Waals surface area contributed by atoms with Gasteiger partial charge in [-0.05, 0) is 13.3 Å². The van der Waals surface area contributed by atoms with E-state index in [0.29, 0.717) is 32.8 Å². The van der Waals surface area contributed by atoms with Crippen LogP contribution in [0.25, 0.3) is 0 Å². The molecule has 1 fully saturated rings. The summed E-state index contributed by atoms with van der Waals surface area (Å²) in [7, 11) is 0. The second kappa shape index (κ2) is 6.83. The van der Waals surface area contributed by atoms with E-state index in [1.165, 1.54) is 0 Å². The van der Waals surface area contributed by atoms with Crippen LogP contribution in [0, 0.1) is 0 Å². The van der Waals surface area contributed by atoms with Gasteiger partial charge in [0.25, 0.3) is 0 Å². The first-order valence-corrected chi connectivity index (χ1v) is 5.85. The van der Waals surface area contributed by atoms with E-state index in [4.69, 9.17) is 9.47 Å². The first-order valence-electron chi connectivity index (χ1n) is 5.85. The van der Waals surface area contributed by atoms with Gasteiger partial charge in [-0.1, -0.05) is 6.92 Å². The lowest BCUT2D eigenvalue weighted by molar-refractivity contribution is -0.154. The molecule has 0 saturated carbocycles. The summed E-state index contributed by atoms with van der Waals surface area (Å²) in [5.74, 6) is -0.203. The van der Waals surface area contributed by atoms with Gasteiger partial charge in [0.1, 0.15) is 6.04 Å². The van der Waals surface area contributed by atoms with Crippen molar-refractivity contribution in [2.24, 2.45) is 0 Å². The van der Waals surface area contributed by atoms with Gasteiger partial charge < -0.3 is 14.6 Å². The average Bonchev–Trinajstić information content (AvgIpc) is 2.31. The van der Waals surface area contributed by atoms with Crippen molar-refractivity contribution in [1.82, 2.24) is 4.90 Å². The molecule has 0 radical (unpaired) electrons. The molecule has 1 rings (SSSR count). The Balaban J connectivity index is 2.65. The highest BCUT2D eigenvalue weighted by Gasteiger charge is 2.32. The first kappa shape index (κ1) is 13.4. The minimum Gasteiger partial charge on any atom is -0.465 e. The predicted molar refractivity (Wildman–Crippen MR) is 59.1 cm³/mol. The summed E-state index contributed by atoms with van der Waals surface area (Å²) in [6, 6.07) is -0.357. The van der Waals surface area contributed by atoms with Gasteiger partial charge in [-0.15, -0.1) is 0 Å². The number of rotatable bonds is 5. The molecule has 1 heterocycles. The van der Waals surface area contributed by atoms with Gasteiger partial charge in [-0.2, -0.15) is 0 Å². The van der Waals surface area contributed by atoms with Crippen LogP contribution in [-0.4, -0.2) is 61.0 Å². The zero-order chi connectivity index (χ0) is 12.0. The Hall–Kier alpha value is -0.650. The molecule has 0 spiro atoms. The number of ether oxygens (including phenoxy) is 2. The van der Waals surface area contributed by atoms with E-state index < -0.39 is 0 Å². The van der Waals surface area contributed by atoms with Gasteiger partial charge >= 0.3 is 5.97 Å². The van der Waals surface area contributed by atoms with Gasteiger partial charge in [0, 0.05) is 6.54 Å². The highest BCUT2D eigenvalue weighted by molar-refractivity contribution is 5.75. The molecule has 0 amide bonds. The highest BCUT2D eigenvalue weighted by Crippen LogP contribution is 2.14. The first-order chi connectivity index (χ1) is 7.74. The van der Waals surface area contributed by atoms with Crippen LogP contribution in [-0.2, 0) is 14.3 Å². The molecule has 0 aliphatic carbocycles. The summed E-state index contributed by atoms with van der Waals surface area (Å²) >= 11 is 0. The summed E-state index contributed by atoms with van der Waals surface area (Å²) in [6.45, 7) is 5.90. The monoisotopic (exact) mass is 231 g/mol. The Morgan fingerprint density at radius 3 is 2.94 bits per heavy atom. The van der Waals surface area contributed by atoms with Crippen molar-refractivity contribution >= 4 is 5.97 Å². The molecule has 2 unspecified atom stereocenters. The van der Waals surface area contributed by atoms with E-state index >= 15 is 0 Å². The van der Waals surface area contributed by atoms with Crippen LogP contribution >= 0.6 is 0 Å². The van der Waals surface area contributed by atoms with E-state index in [1.54, 1.807) is 6.92 Å². The lowest BCUT2D eigenvalue weighted by atomic mass is 10.1. The molecule has 0 aromatic carbocycles. The number of morpholine rings is 1. The van der Waals surface area contributed by atoms with Crippen LogP contribution in [0.4, 0.5) is 0 Å². The Labute approximate surface area is 96.3 Å². The number of aliphatic hydroxyl groups excluding tert-OH is 1. The Morgan fingerprint density at radius 2 is 2.38 bits per heavy atom. The van der Waals surface area contributed by atoms with E-state index in [0.717, 1.165) is 0 Å². The molecule has 5 heteroatoms. The van der Waals surface area contributed by atoms with Crippen LogP contribution in [0.15, 0.2) is 0 Å². The Kier molecular flexibility index (Phi) is 5.73. The second-order valence-corrected chi connectivity index (χ2v) is 3.83. The molecule has 0 aromatic rings. The SMILES string of the molecule is CCOC(=O)C(CC)N1CCOCC1CO. The number of carbonyl (C=O) groups is 1. The summed E-state index contributed by atoms with van der Waals surface area (Å²) in [5.41, 5.74) is 0. The van der Waals surface area contributed by atoms with E-state index in [1.807, 2.05) is 11.8 Å². The minimum absolute atomic E-state index is 0.00983. The van der Waals surface area contributed by atoms with E-state index in [9.17, 15) is 9.90 Å². The molecule has 1 N–H and O–H groups in total. The molecule has 1 aliphatic heterocycles. The number of esters is 1. The number of hydrogen-bond donors (Lipinski definition) is 1. The molecule has 1 saturated heterocycles. The van der Waals surface area contributed by atoms with Crippen LogP contribution in [0.1, 0.15) is 20.3 Å². The van der Waals surface area contributed by atoms with Gasteiger partial charge in [-0.3, -0.25) is 9.69 Å². The smallest absolute Gasteiger partial charge is 0.323 e. The second-order valence-electron chi connectivity index (χ2n) is 3.83. The number of hydrogen-bond acceptors (Lipinski definition) is 5. The van der Waals surface area contributed by atoms with Crippen molar-refractivity contribution in [1.29, 1.82) is 0 Å². The molecule has 2 atom stereocenters. The third kappa shape index (κ3) is 3.17. The molecule has 94 valence electrons. The average molecular weight is 231 g/mol. The number of carbonyl (C=O) groups excluding carboxylic acids is 1. The Bertz CT molecular complexity index is 222. The maximum atomic E-state index is 11.7. The van der Waals surface area contributed by atoms with Crippen molar-refractivity contribution in [2.75, 3.05) is 33.0 Å². The van der Waals surface area contributed by atoms with Crippen LogP contribution < -0.4 is 0 Å². The zero-order valence-corrected chi connectivity index (χ0v) is 10.0. The van der Waals surface area contributed by atoms with Gasteiger partial charge in [0.15, 0.2) is 0 Å². The molecule has 0 aromatic heterocycles. The minimum atomic E-state index is -0.263. The molecule has 16 heavy (non-hydrogen) atoms. The van der Waals surface area contributed by atoms with Crippen molar-refractivity contribution in [3.8, 4) is 0 Å². The van der Waals surface area contributed by atoms with Crippen molar-refractivity contribution in [3.63, 3.8) is 0 Å². The number of aliphatic hydroxyl groups is 1. The summed E-state index contributed by atoms with van der Waals surface area (Å²) in [5, 5.41) is 9.24. The largest absolute Gasteiger partial charge is 0.465 e. The van der Waals surface area contributed by atoms with Gasteiger partial charge in [-0.25, -0.2) is 0 Å². The maximum Gasteiger partial charge on any atom is 0.323 e. The fraction of sp³-hybridized carbons (Fsp3) is 0.909. The topological polar surface area (TPSA) is 59.0 Å². The van der Waals surface area contributed by atoms with Crippen molar-refractivity contribution < 1.29 is 19.4 Å². The quantitative estimate of drug-likeness (QED) is 0.676. The fourth-order valence-corrected chi connectivity index (χ4v) is 2.01. The molecule has 5 nitrogen and oxygen atoms in total. The number of nitrogens with zero attached hydrogens (tertiary/aromatic N) is 1. The van der Waals surface area contributed by atoms with Gasteiger partial charge in [0.05, 0.1) is 32.5 Å². The lowest BCUT2D eigenvalue weighted by Gasteiger charge is -2.38. The van der Waals surface area contributed by atoms with Crippen LogP contribution in [0.2, 0.25) is 0 Å². The summed E-state index contributed by atoms with van der Waals surface area (Å²) in [4.78, 5) is 13.7. The van der Waals surface area contributed by atoms with E-state index in [-0.39, 0.29) is 24.7 Å². The molecular formula is C11H21NO4. The predicted octanol–water partition coefficient (Wildman–Crippen LogP) is 0.0212. The highest BCUT2D eigenvalue weighted by atomic mass is 16.5. The maximum absolute atomic E-state index is 11.7. The third-order valence-corrected chi connectivity index (χ3v) is 2.83. The van der Waals surface area contributed by atoms with Crippen LogP contribution in [0.5, 0.6) is 0 Å². The molecular weight excluding hydrogens is 210 g/mol. The van der Waals surface area contributed by atoms with Crippen molar-refractivity contribution in [2.45, 2.75) is 32.4 Å². The zero-order valence-electron chi connectivity index (χ0n) is 10.0. The van der Waals surface area contributed by atoms with Crippen molar-refractivity contribution in [3.05, 3.63) is 0 Å². The lowest BCUT2D eigenvalue weighted by Crippen LogP contribution is -2.55. The van der Waals surface area contributed by atoms with Crippen LogP contribution in [0.3, 0.4) is 0 Å². The molecule has 1 aliphatic rings. The Morgan fingerprint density at radius 1 is 1.62 bits per heavy atom. The normalized spacial score (nSPS) is 24.1. The standard InChI is InChI=1S/C11H21NO4/c1-3-10(11(14)16-4-2)12-5-6-15-8-9(12)7-13/h9-10,13H,3-8H2,1-2H3. The van der Waals surface area contributed by atoms with E-state index in [2.05, 4.69) is 0 Å². The third-order valence-electron chi connectivity index (χ3n) is 2.83. The fourth-order valence-electron chi connectivity index (χ4n) is 2.01. The summed E-state index contributed by atoms with van der Waals surface area (Å²) in [6.07, 6.45) is 0.690. The molecule has 0 bridgehead atoms. The summed E-state index contributed by atoms with van der Waals surface area (Å²) < 4.78 is 10.3.